The Bertz CT molecular complexity index is 829. The average Bonchev–Trinajstić information content (AvgIpc) is 2.55. The Morgan fingerprint density at radius 2 is 1.55 bits per heavy atom. The molecule has 1 aromatic heterocycles. The van der Waals surface area contributed by atoms with E-state index in [0.29, 0.717) is 17.0 Å². The number of hydrogen-bond acceptors (Lipinski definition) is 2. The maximum atomic E-state index is 13.0. The summed E-state index contributed by atoms with van der Waals surface area (Å²) in [5.74, 6) is -1.30. The SMILES string of the molecule is O=C(O)c1ccccc1-c1cccc(-c2ccc(F)cc2)n1. The Labute approximate surface area is 126 Å². The highest BCUT2D eigenvalue weighted by atomic mass is 19.1. The number of carboxylic acids is 1. The molecule has 108 valence electrons. The molecule has 1 N–H and O–H groups in total. The highest BCUT2D eigenvalue weighted by molar-refractivity contribution is 5.95. The fourth-order valence-electron chi connectivity index (χ4n) is 2.26. The largest absolute Gasteiger partial charge is 0.478 e. The van der Waals surface area contributed by atoms with Crippen LogP contribution in [0.25, 0.3) is 22.5 Å². The van der Waals surface area contributed by atoms with Crippen LogP contribution >= 0.6 is 0 Å². The van der Waals surface area contributed by atoms with Gasteiger partial charge in [-0.3, -0.25) is 0 Å². The molecule has 0 saturated carbocycles. The van der Waals surface area contributed by atoms with Crippen molar-refractivity contribution in [1.82, 2.24) is 4.98 Å². The van der Waals surface area contributed by atoms with Gasteiger partial charge in [0.05, 0.1) is 17.0 Å². The number of nitrogens with zero attached hydrogens (tertiary/aromatic N) is 1. The highest BCUT2D eigenvalue weighted by Gasteiger charge is 2.12. The lowest BCUT2D eigenvalue weighted by atomic mass is 10.0. The standard InChI is InChI=1S/C18H12FNO2/c19-13-10-8-12(9-11-13)16-6-3-7-17(20-16)14-4-1-2-5-15(14)18(21)22/h1-11H,(H,21,22). The molecule has 0 radical (unpaired) electrons. The van der Waals surface area contributed by atoms with Crippen LogP contribution in [0, 0.1) is 5.82 Å². The maximum Gasteiger partial charge on any atom is 0.336 e. The van der Waals surface area contributed by atoms with Gasteiger partial charge in [0.2, 0.25) is 0 Å². The normalized spacial score (nSPS) is 10.4. The van der Waals surface area contributed by atoms with Gasteiger partial charge in [-0.2, -0.15) is 0 Å². The summed E-state index contributed by atoms with van der Waals surface area (Å²) in [4.78, 5) is 15.8. The molecule has 0 aliphatic rings. The van der Waals surface area contributed by atoms with Gasteiger partial charge in [0, 0.05) is 11.1 Å². The van der Waals surface area contributed by atoms with Crippen LogP contribution in [0.4, 0.5) is 4.39 Å². The van der Waals surface area contributed by atoms with E-state index in [0.717, 1.165) is 5.56 Å². The molecule has 4 heteroatoms. The molecule has 0 spiro atoms. The first-order valence-corrected chi connectivity index (χ1v) is 6.71. The lowest BCUT2D eigenvalue weighted by Crippen LogP contribution is -2.00. The van der Waals surface area contributed by atoms with Gasteiger partial charge in [0.1, 0.15) is 5.82 Å². The van der Waals surface area contributed by atoms with Crippen molar-refractivity contribution >= 4 is 5.97 Å². The van der Waals surface area contributed by atoms with Crippen molar-refractivity contribution in [3.05, 3.63) is 78.1 Å². The Morgan fingerprint density at radius 3 is 2.27 bits per heavy atom. The molecule has 1 heterocycles. The Hall–Kier alpha value is -3.01. The van der Waals surface area contributed by atoms with Crippen molar-refractivity contribution in [1.29, 1.82) is 0 Å². The Kier molecular flexibility index (Phi) is 3.66. The van der Waals surface area contributed by atoms with Crippen molar-refractivity contribution in [2.75, 3.05) is 0 Å². The minimum Gasteiger partial charge on any atom is -0.478 e. The summed E-state index contributed by atoms with van der Waals surface area (Å²) in [5.41, 5.74) is 2.76. The van der Waals surface area contributed by atoms with E-state index < -0.39 is 5.97 Å². The summed E-state index contributed by atoms with van der Waals surface area (Å²) in [6, 6.07) is 18.1. The smallest absolute Gasteiger partial charge is 0.336 e. The predicted octanol–water partition coefficient (Wildman–Crippen LogP) is 4.25. The van der Waals surface area contributed by atoms with Gasteiger partial charge in [0.15, 0.2) is 0 Å². The molecule has 2 aromatic carbocycles. The van der Waals surface area contributed by atoms with Gasteiger partial charge < -0.3 is 5.11 Å². The van der Waals surface area contributed by atoms with Gasteiger partial charge >= 0.3 is 5.97 Å². The van der Waals surface area contributed by atoms with Crippen molar-refractivity contribution in [2.24, 2.45) is 0 Å². The zero-order valence-corrected chi connectivity index (χ0v) is 11.5. The first-order valence-electron chi connectivity index (χ1n) is 6.71. The molecule has 0 bridgehead atoms. The van der Waals surface area contributed by atoms with Gasteiger partial charge in [0.25, 0.3) is 0 Å². The summed E-state index contributed by atoms with van der Waals surface area (Å²) in [5, 5.41) is 9.27. The minimum absolute atomic E-state index is 0.200. The highest BCUT2D eigenvalue weighted by Crippen LogP contribution is 2.25. The molecule has 3 aromatic rings. The molecular formula is C18H12FNO2. The number of carboxylic acid groups (broad SMARTS) is 1. The van der Waals surface area contributed by atoms with Crippen LogP contribution < -0.4 is 0 Å². The van der Waals surface area contributed by atoms with Crippen LogP contribution in [0.3, 0.4) is 0 Å². The zero-order valence-electron chi connectivity index (χ0n) is 11.5. The fraction of sp³-hybridized carbons (Fsp3) is 0. The number of halogens is 1. The molecule has 0 atom stereocenters. The minimum atomic E-state index is -0.996. The van der Waals surface area contributed by atoms with Crippen LogP contribution in [0.5, 0.6) is 0 Å². The topological polar surface area (TPSA) is 50.2 Å². The fourth-order valence-corrected chi connectivity index (χ4v) is 2.26. The van der Waals surface area contributed by atoms with E-state index in [1.54, 1.807) is 54.6 Å². The Morgan fingerprint density at radius 1 is 0.864 bits per heavy atom. The third-order valence-corrected chi connectivity index (χ3v) is 3.32. The summed E-state index contributed by atoms with van der Waals surface area (Å²) >= 11 is 0. The lowest BCUT2D eigenvalue weighted by molar-refractivity contribution is 0.0697. The van der Waals surface area contributed by atoms with E-state index in [2.05, 4.69) is 4.98 Å². The molecule has 3 nitrogen and oxygen atoms in total. The number of benzene rings is 2. The third-order valence-electron chi connectivity index (χ3n) is 3.32. The number of carbonyl (C=O) groups is 1. The summed E-state index contributed by atoms with van der Waals surface area (Å²) < 4.78 is 13.0. The van der Waals surface area contributed by atoms with E-state index in [4.69, 9.17) is 0 Å². The van der Waals surface area contributed by atoms with Crippen molar-refractivity contribution in [2.45, 2.75) is 0 Å². The van der Waals surface area contributed by atoms with Crippen molar-refractivity contribution in [3.63, 3.8) is 0 Å². The van der Waals surface area contributed by atoms with Crippen molar-refractivity contribution in [3.8, 4) is 22.5 Å². The van der Waals surface area contributed by atoms with Crippen LogP contribution in [-0.4, -0.2) is 16.1 Å². The molecule has 0 unspecified atom stereocenters. The third kappa shape index (κ3) is 2.72. The van der Waals surface area contributed by atoms with Gasteiger partial charge in [-0.05, 0) is 42.5 Å². The summed E-state index contributed by atoms with van der Waals surface area (Å²) in [6.07, 6.45) is 0. The first kappa shape index (κ1) is 13.9. The van der Waals surface area contributed by atoms with E-state index in [1.165, 1.54) is 12.1 Å². The van der Waals surface area contributed by atoms with Crippen LogP contribution in [0.2, 0.25) is 0 Å². The van der Waals surface area contributed by atoms with Gasteiger partial charge in [-0.15, -0.1) is 0 Å². The second-order valence-corrected chi connectivity index (χ2v) is 4.77. The van der Waals surface area contributed by atoms with Gasteiger partial charge in [-0.1, -0.05) is 24.3 Å². The quantitative estimate of drug-likeness (QED) is 0.785. The maximum absolute atomic E-state index is 13.0. The predicted molar refractivity (Wildman–Crippen MR) is 82.0 cm³/mol. The van der Waals surface area contributed by atoms with E-state index >= 15 is 0 Å². The summed E-state index contributed by atoms with van der Waals surface area (Å²) in [6.45, 7) is 0. The van der Waals surface area contributed by atoms with E-state index in [-0.39, 0.29) is 11.4 Å². The molecule has 0 aliphatic heterocycles. The van der Waals surface area contributed by atoms with E-state index in [1.807, 2.05) is 0 Å². The number of hydrogen-bond donors (Lipinski definition) is 1. The summed E-state index contributed by atoms with van der Waals surface area (Å²) in [7, 11) is 0. The average molecular weight is 293 g/mol. The molecular weight excluding hydrogens is 281 g/mol. The number of aromatic carboxylic acids is 1. The number of aromatic nitrogens is 1. The van der Waals surface area contributed by atoms with Crippen LogP contribution in [0.1, 0.15) is 10.4 Å². The molecule has 3 rings (SSSR count). The lowest BCUT2D eigenvalue weighted by Gasteiger charge is -2.07. The van der Waals surface area contributed by atoms with Crippen LogP contribution in [0.15, 0.2) is 66.7 Å². The molecule has 0 aliphatic carbocycles. The molecule has 0 amide bonds. The van der Waals surface area contributed by atoms with Gasteiger partial charge in [-0.25, -0.2) is 14.2 Å². The second kappa shape index (κ2) is 5.77. The number of pyridine rings is 1. The first-order chi connectivity index (χ1) is 10.6. The zero-order chi connectivity index (χ0) is 15.5. The monoisotopic (exact) mass is 293 g/mol. The molecule has 0 fully saturated rings. The number of rotatable bonds is 3. The Balaban J connectivity index is 2.09. The van der Waals surface area contributed by atoms with Crippen molar-refractivity contribution < 1.29 is 14.3 Å². The van der Waals surface area contributed by atoms with E-state index in [9.17, 15) is 14.3 Å². The van der Waals surface area contributed by atoms with Crippen LogP contribution in [-0.2, 0) is 0 Å². The molecule has 22 heavy (non-hydrogen) atoms. The second-order valence-electron chi connectivity index (χ2n) is 4.77. The molecule has 0 saturated heterocycles.